The standard InChI is InChI=1S/C23H18N2O3/c26-22(24-15-17-9-6-14-28-17)20-11-3-4-13-21(20)25-23(27)19-12-5-8-16-7-1-2-10-18(16)19/h1-14H,15H2,(H,24,26)(H,25,27). The molecule has 0 atom stereocenters. The van der Waals surface area contributed by atoms with Gasteiger partial charge >= 0.3 is 0 Å². The third-order valence-electron chi connectivity index (χ3n) is 4.46. The first kappa shape index (κ1) is 17.5. The number of rotatable bonds is 5. The molecule has 0 saturated heterocycles. The van der Waals surface area contributed by atoms with Gasteiger partial charge in [0.25, 0.3) is 11.8 Å². The maximum absolute atomic E-state index is 12.9. The van der Waals surface area contributed by atoms with Gasteiger partial charge in [-0.2, -0.15) is 0 Å². The van der Waals surface area contributed by atoms with E-state index in [1.165, 1.54) is 0 Å². The number of anilines is 1. The number of nitrogens with one attached hydrogen (secondary N) is 2. The zero-order valence-corrected chi connectivity index (χ0v) is 15.0. The van der Waals surface area contributed by atoms with E-state index < -0.39 is 0 Å². The summed E-state index contributed by atoms with van der Waals surface area (Å²) in [6, 6.07) is 23.8. The molecule has 0 bridgehead atoms. The zero-order valence-electron chi connectivity index (χ0n) is 15.0. The number of carbonyl (C=O) groups is 2. The van der Waals surface area contributed by atoms with E-state index in [-0.39, 0.29) is 18.4 Å². The minimum absolute atomic E-state index is 0.261. The molecule has 1 heterocycles. The molecule has 0 aliphatic rings. The molecule has 4 aromatic rings. The number of para-hydroxylation sites is 1. The van der Waals surface area contributed by atoms with Gasteiger partial charge in [0.1, 0.15) is 5.76 Å². The van der Waals surface area contributed by atoms with Gasteiger partial charge < -0.3 is 15.1 Å². The third kappa shape index (κ3) is 3.64. The van der Waals surface area contributed by atoms with E-state index in [1.54, 1.807) is 48.7 Å². The van der Waals surface area contributed by atoms with Gasteiger partial charge in [-0.05, 0) is 41.1 Å². The Morgan fingerprint density at radius 2 is 1.50 bits per heavy atom. The van der Waals surface area contributed by atoms with Gasteiger partial charge in [0.05, 0.1) is 24.1 Å². The molecule has 0 unspecified atom stereocenters. The average molecular weight is 370 g/mol. The van der Waals surface area contributed by atoms with Crippen LogP contribution in [0.25, 0.3) is 10.8 Å². The van der Waals surface area contributed by atoms with Crippen LogP contribution < -0.4 is 10.6 Å². The summed E-state index contributed by atoms with van der Waals surface area (Å²) in [7, 11) is 0. The van der Waals surface area contributed by atoms with E-state index >= 15 is 0 Å². The molecule has 1 aromatic heterocycles. The van der Waals surface area contributed by atoms with E-state index in [9.17, 15) is 9.59 Å². The van der Waals surface area contributed by atoms with Crippen molar-refractivity contribution in [1.29, 1.82) is 0 Å². The third-order valence-corrected chi connectivity index (χ3v) is 4.46. The molecule has 5 nitrogen and oxygen atoms in total. The number of carbonyl (C=O) groups excluding carboxylic acids is 2. The molecule has 0 spiro atoms. The zero-order chi connectivity index (χ0) is 19.3. The Morgan fingerprint density at radius 1 is 0.750 bits per heavy atom. The second-order valence-electron chi connectivity index (χ2n) is 6.29. The number of hydrogen-bond donors (Lipinski definition) is 2. The van der Waals surface area contributed by atoms with E-state index in [4.69, 9.17) is 4.42 Å². The predicted octanol–water partition coefficient (Wildman–Crippen LogP) is 4.62. The first-order chi connectivity index (χ1) is 13.7. The van der Waals surface area contributed by atoms with Gasteiger partial charge in [-0.15, -0.1) is 0 Å². The van der Waals surface area contributed by atoms with Gasteiger partial charge in [0.2, 0.25) is 0 Å². The Morgan fingerprint density at radius 3 is 2.36 bits per heavy atom. The highest BCUT2D eigenvalue weighted by atomic mass is 16.3. The highest BCUT2D eigenvalue weighted by Crippen LogP contribution is 2.21. The first-order valence-corrected chi connectivity index (χ1v) is 8.91. The van der Waals surface area contributed by atoms with Crippen LogP contribution in [0, 0.1) is 0 Å². The van der Waals surface area contributed by atoms with Gasteiger partial charge in [-0.1, -0.05) is 48.5 Å². The van der Waals surface area contributed by atoms with Crippen LogP contribution in [0.4, 0.5) is 5.69 Å². The number of benzene rings is 3. The summed E-state index contributed by atoms with van der Waals surface area (Å²) in [5.74, 6) is 0.110. The van der Waals surface area contributed by atoms with Crippen molar-refractivity contribution in [3.8, 4) is 0 Å². The van der Waals surface area contributed by atoms with Crippen molar-refractivity contribution in [2.45, 2.75) is 6.54 Å². The molecular formula is C23H18N2O3. The smallest absolute Gasteiger partial charge is 0.256 e. The molecule has 138 valence electrons. The topological polar surface area (TPSA) is 71.3 Å². The monoisotopic (exact) mass is 370 g/mol. The fraction of sp³-hybridized carbons (Fsp3) is 0.0435. The van der Waals surface area contributed by atoms with Gasteiger partial charge in [-0.3, -0.25) is 9.59 Å². The molecular weight excluding hydrogens is 352 g/mol. The summed E-state index contributed by atoms with van der Waals surface area (Å²) in [6.07, 6.45) is 1.56. The van der Waals surface area contributed by atoms with E-state index in [1.807, 2.05) is 36.4 Å². The summed E-state index contributed by atoms with van der Waals surface area (Å²) in [5.41, 5.74) is 1.41. The van der Waals surface area contributed by atoms with Crippen LogP contribution in [-0.4, -0.2) is 11.8 Å². The summed E-state index contributed by atoms with van der Waals surface area (Å²) in [5, 5.41) is 7.52. The van der Waals surface area contributed by atoms with Crippen LogP contribution in [0.3, 0.4) is 0 Å². The molecule has 0 saturated carbocycles. The fourth-order valence-corrected chi connectivity index (χ4v) is 3.08. The Balaban J connectivity index is 1.56. The Bertz CT molecular complexity index is 1130. The lowest BCUT2D eigenvalue weighted by Gasteiger charge is -2.12. The summed E-state index contributed by atoms with van der Waals surface area (Å²) >= 11 is 0. The van der Waals surface area contributed by atoms with Crippen LogP contribution in [-0.2, 0) is 6.54 Å². The van der Waals surface area contributed by atoms with Crippen LogP contribution in [0.15, 0.2) is 89.5 Å². The minimum Gasteiger partial charge on any atom is -0.467 e. The second kappa shape index (κ2) is 7.80. The molecule has 28 heavy (non-hydrogen) atoms. The largest absolute Gasteiger partial charge is 0.467 e. The molecule has 0 fully saturated rings. The fourth-order valence-electron chi connectivity index (χ4n) is 3.08. The van der Waals surface area contributed by atoms with E-state index in [2.05, 4.69) is 10.6 Å². The second-order valence-corrected chi connectivity index (χ2v) is 6.29. The van der Waals surface area contributed by atoms with Gasteiger partial charge in [0, 0.05) is 5.56 Å². The van der Waals surface area contributed by atoms with Crippen molar-refractivity contribution in [2.75, 3.05) is 5.32 Å². The molecule has 2 amide bonds. The van der Waals surface area contributed by atoms with Crippen molar-refractivity contribution < 1.29 is 14.0 Å². The van der Waals surface area contributed by atoms with E-state index in [0.29, 0.717) is 22.6 Å². The maximum Gasteiger partial charge on any atom is 0.256 e. The van der Waals surface area contributed by atoms with Crippen molar-refractivity contribution in [1.82, 2.24) is 5.32 Å². The summed E-state index contributed by atoms with van der Waals surface area (Å²) in [4.78, 5) is 25.5. The summed E-state index contributed by atoms with van der Waals surface area (Å²) in [6.45, 7) is 0.275. The van der Waals surface area contributed by atoms with E-state index in [0.717, 1.165) is 10.8 Å². The lowest BCUT2D eigenvalue weighted by molar-refractivity contribution is 0.0949. The molecule has 2 N–H and O–H groups in total. The van der Waals surface area contributed by atoms with Crippen molar-refractivity contribution >= 4 is 28.3 Å². The average Bonchev–Trinajstić information content (AvgIpc) is 3.25. The van der Waals surface area contributed by atoms with Crippen molar-refractivity contribution in [3.63, 3.8) is 0 Å². The Labute approximate surface area is 162 Å². The van der Waals surface area contributed by atoms with Crippen molar-refractivity contribution in [2.24, 2.45) is 0 Å². The normalized spacial score (nSPS) is 10.6. The van der Waals surface area contributed by atoms with Crippen LogP contribution >= 0.6 is 0 Å². The lowest BCUT2D eigenvalue weighted by Crippen LogP contribution is -2.24. The minimum atomic E-state index is -0.287. The number of amides is 2. The highest BCUT2D eigenvalue weighted by molar-refractivity contribution is 6.14. The number of hydrogen-bond acceptors (Lipinski definition) is 3. The van der Waals surface area contributed by atoms with Gasteiger partial charge in [-0.25, -0.2) is 0 Å². The summed E-state index contributed by atoms with van der Waals surface area (Å²) < 4.78 is 5.23. The Kier molecular flexibility index (Phi) is 4.89. The maximum atomic E-state index is 12.9. The quantitative estimate of drug-likeness (QED) is 0.539. The number of fused-ring (bicyclic) bond motifs is 1. The molecule has 0 radical (unpaired) electrons. The first-order valence-electron chi connectivity index (χ1n) is 8.91. The predicted molar refractivity (Wildman–Crippen MR) is 108 cm³/mol. The number of furan rings is 1. The molecule has 5 heteroatoms. The molecule has 0 aliphatic carbocycles. The van der Waals surface area contributed by atoms with Crippen LogP contribution in [0.1, 0.15) is 26.5 Å². The Hall–Kier alpha value is -3.86. The highest BCUT2D eigenvalue weighted by Gasteiger charge is 2.15. The lowest BCUT2D eigenvalue weighted by atomic mass is 10.0. The molecule has 3 aromatic carbocycles. The van der Waals surface area contributed by atoms with Crippen LogP contribution in [0.5, 0.6) is 0 Å². The molecule has 0 aliphatic heterocycles. The van der Waals surface area contributed by atoms with Crippen molar-refractivity contribution in [3.05, 3.63) is 102 Å². The molecule has 4 rings (SSSR count). The SMILES string of the molecule is O=C(NCc1ccco1)c1ccccc1NC(=O)c1cccc2ccccc12. The van der Waals surface area contributed by atoms with Gasteiger partial charge in [0.15, 0.2) is 0 Å². The van der Waals surface area contributed by atoms with Crippen LogP contribution in [0.2, 0.25) is 0 Å².